The molecular weight excluding hydrogens is 196 g/mol. The molecule has 1 aromatic carbocycles. The van der Waals surface area contributed by atoms with Crippen molar-refractivity contribution in [3.05, 3.63) is 40.9 Å². The molecule has 72 valence electrons. The zero-order valence-electron chi connectivity index (χ0n) is 7.97. The molecule has 0 aromatic heterocycles. The summed E-state index contributed by atoms with van der Waals surface area (Å²) in [5.74, 6) is 0. The molecule has 0 bridgehead atoms. The average Bonchev–Trinajstić information content (AvgIpc) is 2.14. The van der Waals surface area contributed by atoms with E-state index >= 15 is 0 Å². The molecule has 0 fully saturated rings. The van der Waals surface area contributed by atoms with E-state index in [0.717, 1.165) is 11.3 Å². The summed E-state index contributed by atoms with van der Waals surface area (Å²) in [6.45, 7) is 5.94. The van der Waals surface area contributed by atoms with Gasteiger partial charge < -0.3 is 5.32 Å². The first kappa shape index (κ1) is 10.6. The topological polar surface area (TPSA) is 35.8 Å². The van der Waals surface area contributed by atoms with Gasteiger partial charge in [0.05, 0.1) is 17.8 Å². The first-order valence-corrected chi connectivity index (χ1v) is 4.60. The zero-order chi connectivity index (χ0) is 10.6. The van der Waals surface area contributed by atoms with Crippen LogP contribution < -0.4 is 5.32 Å². The van der Waals surface area contributed by atoms with E-state index in [1.54, 1.807) is 0 Å². The van der Waals surface area contributed by atoms with Gasteiger partial charge in [-0.1, -0.05) is 30.3 Å². The third kappa shape index (κ3) is 2.51. The predicted molar refractivity (Wildman–Crippen MR) is 59.4 cm³/mol. The summed E-state index contributed by atoms with van der Waals surface area (Å²) in [4.78, 5) is 0. The van der Waals surface area contributed by atoms with Crippen LogP contribution in [0.15, 0.2) is 29.8 Å². The molecule has 0 unspecified atom stereocenters. The molecule has 0 saturated heterocycles. The molecule has 0 spiro atoms. The Balaban J connectivity index is 2.92. The van der Waals surface area contributed by atoms with E-state index in [0.29, 0.717) is 17.1 Å². The molecular formula is C11H11ClN2. The van der Waals surface area contributed by atoms with E-state index in [-0.39, 0.29) is 0 Å². The molecule has 0 aliphatic rings. The summed E-state index contributed by atoms with van der Waals surface area (Å²) in [6.07, 6.45) is 0. The number of nitrogens with zero attached hydrogens (tertiary/aromatic N) is 1. The number of aryl methyl sites for hydroxylation is 1. The first-order valence-electron chi connectivity index (χ1n) is 4.22. The standard InChI is InChI=1S/C11H11ClN2/c1-8-4-3-5-11(10(8)6-13)14-7-9(2)12/h3-5,14H,2,7H2,1H3. The van der Waals surface area contributed by atoms with Crippen LogP contribution in [0.5, 0.6) is 0 Å². The van der Waals surface area contributed by atoms with E-state index in [2.05, 4.69) is 18.0 Å². The number of benzene rings is 1. The Labute approximate surface area is 88.8 Å². The Bertz CT molecular complexity index is 391. The van der Waals surface area contributed by atoms with Crippen LogP contribution >= 0.6 is 11.6 Å². The summed E-state index contributed by atoms with van der Waals surface area (Å²) in [6, 6.07) is 7.81. The Morgan fingerprint density at radius 2 is 2.36 bits per heavy atom. The van der Waals surface area contributed by atoms with Crippen molar-refractivity contribution in [2.24, 2.45) is 0 Å². The van der Waals surface area contributed by atoms with Crippen molar-refractivity contribution >= 4 is 17.3 Å². The second-order valence-corrected chi connectivity index (χ2v) is 3.51. The summed E-state index contributed by atoms with van der Waals surface area (Å²) in [7, 11) is 0. The summed E-state index contributed by atoms with van der Waals surface area (Å²) < 4.78 is 0. The van der Waals surface area contributed by atoms with Gasteiger partial charge in [-0.05, 0) is 18.6 Å². The van der Waals surface area contributed by atoms with Gasteiger partial charge in [0.15, 0.2) is 0 Å². The fourth-order valence-electron chi connectivity index (χ4n) is 1.15. The minimum Gasteiger partial charge on any atom is -0.379 e. The van der Waals surface area contributed by atoms with E-state index < -0.39 is 0 Å². The zero-order valence-corrected chi connectivity index (χ0v) is 8.73. The smallest absolute Gasteiger partial charge is 0.102 e. The van der Waals surface area contributed by atoms with Crippen molar-refractivity contribution in [1.29, 1.82) is 5.26 Å². The van der Waals surface area contributed by atoms with E-state index in [4.69, 9.17) is 16.9 Å². The molecule has 2 nitrogen and oxygen atoms in total. The molecule has 0 heterocycles. The van der Waals surface area contributed by atoms with Crippen molar-refractivity contribution < 1.29 is 0 Å². The van der Waals surface area contributed by atoms with Gasteiger partial charge in [-0.15, -0.1) is 0 Å². The van der Waals surface area contributed by atoms with Crippen LogP contribution in [0.2, 0.25) is 0 Å². The van der Waals surface area contributed by atoms with Crippen molar-refractivity contribution in [3.8, 4) is 6.07 Å². The number of nitrogens with one attached hydrogen (secondary N) is 1. The van der Waals surface area contributed by atoms with Gasteiger partial charge in [0.2, 0.25) is 0 Å². The SMILES string of the molecule is C=C(Cl)CNc1cccc(C)c1C#N. The third-order valence-corrected chi connectivity index (χ3v) is 1.99. The first-order chi connectivity index (χ1) is 6.65. The second-order valence-electron chi connectivity index (χ2n) is 2.98. The normalized spacial score (nSPS) is 9.21. The monoisotopic (exact) mass is 206 g/mol. The highest BCUT2D eigenvalue weighted by molar-refractivity contribution is 6.29. The minimum atomic E-state index is 0.472. The highest BCUT2D eigenvalue weighted by atomic mass is 35.5. The second kappa shape index (κ2) is 4.69. The molecule has 1 rings (SSSR count). The lowest BCUT2D eigenvalue weighted by molar-refractivity contribution is 1.28. The molecule has 0 saturated carbocycles. The van der Waals surface area contributed by atoms with Crippen molar-refractivity contribution in [1.82, 2.24) is 0 Å². The summed E-state index contributed by atoms with van der Waals surface area (Å²) in [5.41, 5.74) is 2.41. The van der Waals surface area contributed by atoms with E-state index in [9.17, 15) is 0 Å². The maximum Gasteiger partial charge on any atom is 0.102 e. The van der Waals surface area contributed by atoms with Crippen molar-refractivity contribution in [2.45, 2.75) is 6.92 Å². The van der Waals surface area contributed by atoms with Crippen LogP contribution in [0.4, 0.5) is 5.69 Å². The lowest BCUT2D eigenvalue weighted by atomic mass is 10.1. The van der Waals surface area contributed by atoms with Gasteiger partial charge in [0.25, 0.3) is 0 Å². The number of halogens is 1. The number of hydrogen-bond acceptors (Lipinski definition) is 2. The largest absolute Gasteiger partial charge is 0.379 e. The fourth-order valence-corrected chi connectivity index (χ4v) is 1.22. The summed E-state index contributed by atoms with van der Waals surface area (Å²) >= 11 is 5.62. The molecule has 3 heteroatoms. The van der Waals surface area contributed by atoms with Gasteiger partial charge in [-0.3, -0.25) is 0 Å². The molecule has 0 aliphatic carbocycles. The molecule has 1 N–H and O–H groups in total. The van der Waals surface area contributed by atoms with Crippen LogP contribution in [0.25, 0.3) is 0 Å². The number of hydrogen-bond donors (Lipinski definition) is 1. The molecule has 14 heavy (non-hydrogen) atoms. The molecule has 0 amide bonds. The van der Waals surface area contributed by atoms with Crippen LogP contribution in [-0.4, -0.2) is 6.54 Å². The maximum atomic E-state index is 8.92. The highest BCUT2D eigenvalue weighted by Gasteiger charge is 2.03. The lowest BCUT2D eigenvalue weighted by Gasteiger charge is -2.08. The van der Waals surface area contributed by atoms with Gasteiger partial charge >= 0.3 is 0 Å². The number of nitriles is 1. The van der Waals surface area contributed by atoms with Crippen LogP contribution in [0, 0.1) is 18.3 Å². The van der Waals surface area contributed by atoms with Crippen LogP contribution in [-0.2, 0) is 0 Å². The quantitative estimate of drug-likeness (QED) is 0.825. The van der Waals surface area contributed by atoms with E-state index in [1.807, 2.05) is 25.1 Å². The Hall–Kier alpha value is -1.46. The van der Waals surface area contributed by atoms with Crippen LogP contribution in [0.1, 0.15) is 11.1 Å². The van der Waals surface area contributed by atoms with Gasteiger partial charge in [-0.2, -0.15) is 5.26 Å². The van der Waals surface area contributed by atoms with Crippen LogP contribution in [0.3, 0.4) is 0 Å². The minimum absolute atomic E-state index is 0.472. The number of rotatable bonds is 3. The lowest BCUT2D eigenvalue weighted by Crippen LogP contribution is -2.03. The Morgan fingerprint density at radius 1 is 1.64 bits per heavy atom. The Kier molecular flexibility index (Phi) is 3.55. The molecule has 1 aromatic rings. The maximum absolute atomic E-state index is 8.92. The number of anilines is 1. The molecule has 0 atom stereocenters. The molecule has 0 radical (unpaired) electrons. The van der Waals surface area contributed by atoms with E-state index in [1.165, 1.54) is 0 Å². The fraction of sp³-hybridized carbons (Fsp3) is 0.182. The van der Waals surface area contributed by atoms with Gasteiger partial charge in [0, 0.05) is 5.03 Å². The van der Waals surface area contributed by atoms with Gasteiger partial charge in [-0.25, -0.2) is 0 Å². The van der Waals surface area contributed by atoms with Gasteiger partial charge in [0.1, 0.15) is 6.07 Å². The summed E-state index contributed by atoms with van der Waals surface area (Å²) in [5, 5.41) is 12.5. The molecule has 0 aliphatic heterocycles. The average molecular weight is 207 g/mol. The highest BCUT2D eigenvalue weighted by Crippen LogP contribution is 2.18. The predicted octanol–water partition coefficient (Wildman–Crippen LogP) is 3.03. The Morgan fingerprint density at radius 3 is 2.93 bits per heavy atom. The van der Waals surface area contributed by atoms with Crippen molar-refractivity contribution in [2.75, 3.05) is 11.9 Å². The van der Waals surface area contributed by atoms with Crippen molar-refractivity contribution in [3.63, 3.8) is 0 Å². The third-order valence-electron chi connectivity index (χ3n) is 1.86.